The van der Waals surface area contributed by atoms with Crippen LogP contribution in [0.3, 0.4) is 0 Å². The smallest absolute Gasteiger partial charge is 0.347 e. The fraction of sp³-hybridized carbons (Fsp3) is 0.278. The van der Waals surface area contributed by atoms with Crippen LogP contribution >= 0.6 is 15.9 Å². The zero-order valence-corrected chi connectivity index (χ0v) is 15.2. The van der Waals surface area contributed by atoms with Crippen molar-refractivity contribution >= 4 is 21.9 Å². The number of benzene rings is 2. The lowest BCUT2D eigenvalue weighted by atomic mass is 10.1. The second-order valence-corrected chi connectivity index (χ2v) is 6.08. The van der Waals surface area contributed by atoms with Crippen LogP contribution in [0.15, 0.2) is 30.3 Å². The summed E-state index contributed by atoms with van der Waals surface area (Å²) in [5.74, 6) is 1.99. The molecule has 3 rings (SSSR count). The number of fused-ring (bicyclic) bond motifs is 2. The van der Waals surface area contributed by atoms with Crippen LogP contribution < -0.4 is 18.9 Å². The number of alkyl halides is 1. The van der Waals surface area contributed by atoms with E-state index >= 15 is 0 Å². The minimum absolute atomic E-state index is 0.00938. The Morgan fingerprint density at radius 1 is 1.12 bits per heavy atom. The molecule has 0 saturated carbocycles. The van der Waals surface area contributed by atoms with Gasteiger partial charge >= 0.3 is 5.97 Å². The standard InChI is InChI=1S/C18H17BrO5/c1-10(2)22-14-7-5-12-17(13(14)9-19)23-15-6-4-11(21-3)8-16(15)24-18(12)20/h4-8,10H,9H2,1-3H3. The first kappa shape index (κ1) is 16.6. The van der Waals surface area contributed by atoms with Gasteiger partial charge in [-0.1, -0.05) is 15.9 Å². The van der Waals surface area contributed by atoms with Crippen molar-refractivity contribution in [2.45, 2.75) is 25.3 Å². The van der Waals surface area contributed by atoms with Crippen molar-refractivity contribution in [1.82, 2.24) is 0 Å². The van der Waals surface area contributed by atoms with Gasteiger partial charge < -0.3 is 18.9 Å². The SMILES string of the molecule is COc1ccc2c(c1)OC(=O)c1ccc(OC(C)C)c(CBr)c1O2. The van der Waals surface area contributed by atoms with E-state index in [1.165, 1.54) is 0 Å². The van der Waals surface area contributed by atoms with Gasteiger partial charge in [0.1, 0.15) is 22.8 Å². The van der Waals surface area contributed by atoms with Gasteiger partial charge in [-0.2, -0.15) is 0 Å². The zero-order chi connectivity index (χ0) is 17.3. The van der Waals surface area contributed by atoms with Gasteiger partial charge in [0.2, 0.25) is 0 Å². The monoisotopic (exact) mass is 392 g/mol. The quantitative estimate of drug-likeness (QED) is 0.428. The van der Waals surface area contributed by atoms with Crippen LogP contribution in [0.4, 0.5) is 0 Å². The molecule has 1 aliphatic heterocycles. The molecule has 0 fully saturated rings. The molecule has 2 aromatic carbocycles. The molecule has 5 nitrogen and oxygen atoms in total. The Hall–Kier alpha value is -2.21. The van der Waals surface area contributed by atoms with Gasteiger partial charge in [0.15, 0.2) is 11.5 Å². The molecule has 1 aliphatic rings. The number of rotatable bonds is 4. The number of carbonyl (C=O) groups is 1. The molecule has 2 aromatic rings. The molecule has 0 aliphatic carbocycles. The van der Waals surface area contributed by atoms with E-state index in [1.807, 2.05) is 13.8 Å². The average molecular weight is 393 g/mol. The molecule has 24 heavy (non-hydrogen) atoms. The van der Waals surface area contributed by atoms with E-state index in [1.54, 1.807) is 37.4 Å². The van der Waals surface area contributed by atoms with E-state index in [0.29, 0.717) is 39.6 Å². The summed E-state index contributed by atoms with van der Waals surface area (Å²) in [7, 11) is 1.55. The second kappa shape index (κ2) is 6.73. The highest BCUT2D eigenvalue weighted by Crippen LogP contribution is 2.44. The highest BCUT2D eigenvalue weighted by Gasteiger charge is 2.27. The topological polar surface area (TPSA) is 54.0 Å². The third kappa shape index (κ3) is 3.06. The van der Waals surface area contributed by atoms with Crippen molar-refractivity contribution in [1.29, 1.82) is 0 Å². The Kier molecular flexibility index (Phi) is 4.66. The highest BCUT2D eigenvalue weighted by atomic mass is 79.9. The molecule has 0 bridgehead atoms. The summed E-state index contributed by atoms with van der Waals surface area (Å²) in [6.07, 6.45) is 0.00938. The maximum absolute atomic E-state index is 12.5. The number of methoxy groups -OCH3 is 1. The minimum atomic E-state index is -0.477. The Morgan fingerprint density at radius 2 is 1.92 bits per heavy atom. The second-order valence-electron chi connectivity index (χ2n) is 5.52. The van der Waals surface area contributed by atoms with Gasteiger partial charge in [0, 0.05) is 17.0 Å². The van der Waals surface area contributed by atoms with Gasteiger partial charge in [0.25, 0.3) is 0 Å². The molecule has 0 radical (unpaired) electrons. The van der Waals surface area contributed by atoms with E-state index in [0.717, 1.165) is 5.56 Å². The molecule has 0 amide bonds. The Balaban J connectivity index is 2.12. The first-order valence-electron chi connectivity index (χ1n) is 7.50. The molecule has 6 heteroatoms. The predicted octanol–water partition coefficient (Wildman–Crippen LogP) is 4.70. The maximum atomic E-state index is 12.5. The number of carbonyl (C=O) groups excluding carboxylic acids is 1. The van der Waals surface area contributed by atoms with Crippen LogP contribution in [-0.4, -0.2) is 19.2 Å². The Bertz CT molecular complexity index is 785. The molecule has 0 N–H and O–H groups in total. The summed E-state index contributed by atoms with van der Waals surface area (Å²) in [5.41, 5.74) is 1.12. The van der Waals surface area contributed by atoms with Crippen molar-refractivity contribution in [3.63, 3.8) is 0 Å². The molecule has 0 aromatic heterocycles. The van der Waals surface area contributed by atoms with Crippen LogP contribution in [0.25, 0.3) is 0 Å². The van der Waals surface area contributed by atoms with Crippen molar-refractivity contribution in [2.24, 2.45) is 0 Å². The number of halogens is 1. The fourth-order valence-electron chi connectivity index (χ4n) is 2.42. The third-order valence-electron chi connectivity index (χ3n) is 3.50. The number of ether oxygens (including phenoxy) is 4. The van der Waals surface area contributed by atoms with Gasteiger partial charge in [-0.05, 0) is 38.1 Å². The number of hydrogen-bond donors (Lipinski definition) is 0. The summed E-state index contributed by atoms with van der Waals surface area (Å²) in [5, 5.41) is 0.483. The lowest BCUT2D eigenvalue weighted by Crippen LogP contribution is -2.11. The Labute approximate surface area is 148 Å². The van der Waals surface area contributed by atoms with Crippen LogP contribution in [0.5, 0.6) is 28.7 Å². The van der Waals surface area contributed by atoms with Crippen LogP contribution in [0, 0.1) is 0 Å². The largest absolute Gasteiger partial charge is 0.497 e. The van der Waals surface area contributed by atoms with Crippen LogP contribution in [-0.2, 0) is 5.33 Å². The summed E-state index contributed by atoms with van der Waals surface area (Å²) in [4.78, 5) is 12.5. The molecular weight excluding hydrogens is 376 g/mol. The van der Waals surface area contributed by atoms with Gasteiger partial charge in [-0.25, -0.2) is 4.79 Å². The maximum Gasteiger partial charge on any atom is 0.347 e. The van der Waals surface area contributed by atoms with Gasteiger partial charge in [0.05, 0.1) is 13.2 Å². The zero-order valence-electron chi connectivity index (χ0n) is 13.6. The number of esters is 1. The summed E-state index contributed by atoms with van der Waals surface area (Å²) < 4.78 is 22.4. The molecule has 0 spiro atoms. The molecule has 0 atom stereocenters. The molecule has 1 heterocycles. The first-order chi connectivity index (χ1) is 11.5. The van der Waals surface area contributed by atoms with Gasteiger partial charge in [-0.15, -0.1) is 0 Å². The first-order valence-corrected chi connectivity index (χ1v) is 8.62. The van der Waals surface area contributed by atoms with Crippen molar-refractivity contribution in [3.05, 3.63) is 41.5 Å². The van der Waals surface area contributed by atoms with Gasteiger partial charge in [-0.3, -0.25) is 0 Å². The molecule has 0 unspecified atom stereocenters. The van der Waals surface area contributed by atoms with E-state index in [2.05, 4.69) is 15.9 Å². The van der Waals surface area contributed by atoms with E-state index < -0.39 is 5.97 Å². The van der Waals surface area contributed by atoms with Crippen LogP contribution in [0.1, 0.15) is 29.8 Å². The van der Waals surface area contributed by atoms with Crippen molar-refractivity contribution < 1.29 is 23.7 Å². The molecular formula is C18H17BrO5. The van der Waals surface area contributed by atoms with E-state index in [-0.39, 0.29) is 6.10 Å². The summed E-state index contributed by atoms with van der Waals surface area (Å²) in [6.45, 7) is 3.89. The number of hydrogen-bond acceptors (Lipinski definition) is 5. The normalized spacial score (nSPS) is 12.6. The van der Waals surface area contributed by atoms with Crippen molar-refractivity contribution in [3.8, 4) is 28.7 Å². The minimum Gasteiger partial charge on any atom is -0.497 e. The lowest BCUT2D eigenvalue weighted by molar-refractivity contribution is 0.0737. The molecule has 126 valence electrons. The summed E-state index contributed by atoms with van der Waals surface area (Å²) >= 11 is 3.45. The van der Waals surface area contributed by atoms with E-state index in [4.69, 9.17) is 18.9 Å². The third-order valence-corrected chi connectivity index (χ3v) is 4.06. The summed E-state index contributed by atoms with van der Waals surface area (Å²) in [6, 6.07) is 8.50. The predicted molar refractivity (Wildman–Crippen MR) is 92.9 cm³/mol. The Morgan fingerprint density at radius 3 is 2.58 bits per heavy atom. The van der Waals surface area contributed by atoms with Crippen molar-refractivity contribution in [2.75, 3.05) is 7.11 Å². The van der Waals surface area contributed by atoms with Crippen LogP contribution in [0.2, 0.25) is 0 Å². The average Bonchev–Trinajstić information content (AvgIpc) is 2.69. The fourth-order valence-corrected chi connectivity index (χ4v) is 2.95. The lowest BCUT2D eigenvalue weighted by Gasteiger charge is -2.17. The van der Waals surface area contributed by atoms with E-state index in [9.17, 15) is 4.79 Å². The highest BCUT2D eigenvalue weighted by molar-refractivity contribution is 9.08. The molecule has 0 saturated heterocycles.